The summed E-state index contributed by atoms with van der Waals surface area (Å²) in [6.07, 6.45) is 1.02. The van der Waals surface area contributed by atoms with Gasteiger partial charge in [0.25, 0.3) is 0 Å². The molecule has 12 heteroatoms. The van der Waals surface area contributed by atoms with Crippen LogP contribution >= 0.6 is 0 Å². The number of nitrogens with zero attached hydrogens (tertiary/aromatic N) is 1. The van der Waals surface area contributed by atoms with Crippen LogP contribution in [0.2, 0.25) is 0 Å². The SMILES string of the molecule is CC(C)C[C@H](NC(=O)[C@H](CCCN=C(N)N)NC(=O)[C@H](C)NC(=O)[C@@H](N)Cc1ccccc1)C(=O)O. The lowest BCUT2D eigenvalue weighted by Gasteiger charge is -2.24. The number of carboxylic acid groups (broad SMARTS) is 1. The lowest BCUT2D eigenvalue weighted by Crippen LogP contribution is -2.56. The van der Waals surface area contributed by atoms with Crippen LogP contribution in [-0.2, 0) is 25.6 Å². The van der Waals surface area contributed by atoms with Gasteiger partial charge in [0.1, 0.15) is 18.1 Å². The number of rotatable bonds is 15. The average molecular weight is 506 g/mol. The van der Waals surface area contributed by atoms with Crippen molar-refractivity contribution >= 4 is 29.7 Å². The van der Waals surface area contributed by atoms with Crippen LogP contribution in [0, 0.1) is 5.92 Å². The number of carbonyl (C=O) groups excluding carboxylic acids is 3. The Balaban J connectivity index is 2.81. The minimum atomic E-state index is -1.17. The van der Waals surface area contributed by atoms with E-state index in [2.05, 4.69) is 20.9 Å². The zero-order valence-corrected chi connectivity index (χ0v) is 21.1. The average Bonchev–Trinajstić information content (AvgIpc) is 2.80. The number of hydrogen-bond donors (Lipinski definition) is 7. The number of aliphatic carboxylic acids is 1. The van der Waals surface area contributed by atoms with Gasteiger partial charge in [-0.3, -0.25) is 19.4 Å². The first kappa shape index (κ1) is 30.4. The largest absolute Gasteiger partial charge is 0.480 e. The van der Waals surface area contributed by atoms with Crippen molar-refractivity contribution in [2.45, 2.75) is 70.6 Å². The minimum absolute atomic E-state index is 0.0247. The first-order chi connectivity index (χ1) is 16.9. The Morgan fingerprint density at radius 2 is 1.53 bits per heavy atom. The van der Waals surface area contributed by atoms with E-state index in [9.17, 15) is 24.3 Å². The Kier molecular flexibility index (Phi) is 12.9. The molecule has 0 aliphatic heterocycles. The lowest BCUT2D eigenvalue weighted by atomic mass is 10.0. The van der Waals surface area contributed by atoms with Crippen molar-refractivity contribution in [2.75, 3.05) is 6.54 Å². The van der Waals surface area contributed by atoms with E-state index in [-0.39, 0.29) is 31.3 Å². The lowest BCUT2D eigenvalue weighted by molar-refractivity contribution is -0.142. The number of nitrogens with two attached hydrogens (primary N) is 3. The summed E-state index contributed by atoms with van der Waals surface area (Å²) in [5, 5.41) is 17.1. The molecule has 0 heterocycles. The van der Waals surface area contributed by atoms with Gasteiger partial charge >= 0.3 is 5.97 Å². The Hall–Kier alpha value is -3.67. The molecule has 10 N–H and O–H groups in total. The van der Waals surface area contributed by atoms with E-state index in [1.807, 2.05) is 44.2 Å². The predicted octanol–water partition coefficient (Wildman–Crippen LogP) is -0.785. The summed E-state index contributed by atoms with van der Waals surface area (Å²) < 4.78 is 0. The molecule has 0 saturated carbocycles. The highest BCUT2D eigenvalue weighted by Crippen LogP contribution is 2.07. The van der Waals surface area contributed by atoms with Crippen molar-refractivity contribution in [3.8, 4) is 0 Å². The van der Waals surface area contributed by atoms with Gasteiger partial charge in [0.05, 0.1) is 6.04 Å². The molecule has 0 unspecified atom stereocenters. The van der Waals surface area contributed by atoms with Gasteiger partial charge in [-0.2, -0.15) is 0 Å². The van der Waals surface area contributed by atoms with Gasteiger partial charge in [0.15, 0.2) is 5.96 Å². The second kappa shape index (κ2) is 15.4. The Labute approximate surface area is 211 Å². The van der Waals surface area contributed by atoms with E-state index in [1.165, 1.54) is 6.92 Å². The fourth-order valence-corrected chi connectivity index (χ4v) is 3.38. The van der Waals surface area contributed by atoms with Crippen LogP contribution in [0.4, 0.5) is 0 Å². The summed E-state index contributed by atoms with van der Waals surface area (Å²) in [5.74, 6) is -3.04. The fourth-order valence-electron chi connectivity index (χ4n) is 3.38. The molecule has 0 fully saturated rings. The summed E-state index contributed by atoms with van der Waals surface area (Å²) >= 11 is 0. The molecule has 0 radical (unpaired) electrons. The van der Waals surface area contributed by atoms with Crippen molar-refractivity contribution in [3.63, 3.8) is 0 Å². The summed E-state index contributed by atoms with van der Waals surface area (Å²) in [6.45, 7) is 5.36. The maximum Gasteiger partial charge on any atom is 0.326 e. The van der Waals surface area contributed by atoms with Crippen LogP contribution < -0.4 is 33.2 Å². The molecule has 0 spiro atoms. The summed E-state index contributed by atoms with van der Waals surface area (Å²) in [5.41, 5.74) is 17.5. The topological polar surface area (TPSA) is 215 Å². The normalized spacial score (nSPS) is 14.1. The maximum absolute atomic E-state index is 12.9. The van der Waals surface area contributed by atoms with Crippen molar-refractivity contribution in [1.82, 2.24) is 16.0 Å². The van der Waals surface area contributed by atoms with Gasteiger partial charge < -0.3 is 38.3 Å². The van der Waals surface area contributed by atoms with Crippen LogP contribution in [0.15, 0.2) is 35.3 Å². The molecule has 1 rings (SSSR count). The van der Waals surface area contributed by atoms with E-state index in [4.69, 9.17) is 17.2 Å². The zero-order valence-electron chi connectivity index (χ0n) is 21.1. The van der Waals surface area contributed by atoms with E-state index >= 15 is 0 Å². The molecular formula is C24H39N7O5. The highest BCUT2D eigenvalue weighted by Gasteiger charge is 2.29. The highest BCUT2D eigenvalue weighted by molar-refractivity contribution is 5.93. The summed E-state index contributed by atoms with van der Waals surface area (Å²) in [7, 11) is 0. The van der Waals surface area contributed by atoms with Gasteiger partial charge in [-0.25, -0.2) is 4.79 Å². The maximum atomic E-state index is 12.9. The standard InChI is InChI=1S/C24H39N7O5/c1-14(2)12-19(23(35)36)31-22(34)18(10-7-11-28-24(26)27)30-20(32)15(3)29-21(33)17(25)13-16-8-5-4-6-9-16/h4-6,8-9,14-15,17-19H,7,10-13,25H2,1-3H3,(H,29,33)(H,30,32)(H,31,34)(H,35,36)(H4,26,27,28)/t15-,17-,18-,19-/m0/s1. The molecule has 36 heavy (non-hydrogen) atoms. The smallest absolute Gasteiger partial charge is 0.326 e. The van der Waals surface area contributed by atoms with Crippen LogP contribution in [-0.4, -0.2) is 65.5 Å². The van der Waals surface area contributed by atoms with Gasteiger partial charge in [-0.1, -0.05) is 44.2 Å². The molecule has 0 aromatic heterocycles. The third kappa shape index (κ3) is 11.6. The molecular weight excluding hydrogens is 466 g/mol. The quantitative estimate of drug-likeness (QED) is 0.0908. The fraction of sp³-hybridized carbons (Fsp3) is 0.542. The third-order valence-corrected chi connectivity index (χ3v) is 5.29. The molecule has 0 bridgehead atoms. The van der Waals surface area contributed by atoms with Crippen molar-refractivity contribution in [1.29, 1.82) is 0 Å². The molecule has 0 aliphatic carbocycles. The van der Waals surface area contributed by atoms with Crippen LogP contribution in [0.1, 0.15) is 45.6 Å². The first-order valence-electron chi connectivity index (χ1n) is 11.9. The number of hydrogen-bond acceptors (Lipinski definition) is 6. The molecule has 12 nitrogen and oxygen atoms in total. The van der Waals surface area contributed by atoms with E-state index in [0.717, 1.165) is 5.56 Å². The molecule has 1 aromatic rings. The highest BCUT2D eigenvalue weighted by atomic mass is 16.4. The number of carboxylic acids is 1. The Bertz CT molecular complexity index is 903. The van der Waals surface area contributed by atoms with E-state index < -0.39 is 47.9 Å². The van der Waals surface area contributed by atoms with Gasteiger partial charge in [-0.15, -0.1) is 0 Å². The van der Waals surface area contributed by atoms with Gasteiger partial charge in [0, 0.05) is 6.54 Å². The van der Waals surface area contributed by atoms with E-state index in [1.54, 1.807) is 0 Å². The number of amides is 3. The molecule has 3 amide bonds. The number of carbonyl (C=O) groups is 4. The number of aliphatic imine (C=N–C) groups is 1. The summed E-state index contributed by atoms with van der Waals surface area (Å²) in [4.78, 5) is 53.6. The number of guanidine groups is 1. The van der Waals surface area contributed by atoms with Crippen LogP contribution in [0.25, 0.3) is 0 Å². The Morgan fingerprint density at radius 1 is 0.917 bits per heavy atom. The Morgan fingerprint density at radius 3 is 2.08 bits per heavy atom. The molecule has 0 aliphatic rings. The van der Waals surface area contributed by atoms with Crippen LogP contribution in [0.5, 0.6) is 0 Å². The van der Waals surface area contributed by atoms with Crippen molar-refractivity contribution in [3.05, 3.63) is 35.9 Å². The summed E-state index contributed by atoms with van der Waals surface area (Å²) in [6, 6.07) is 5.20. The third-order valence-electron chi connectivity index (χ3n) is 5.29. The molecule has 0 saturated heterocycles. The minimum Gasteiger partial charge on any atom is -0.480 e. The molecule has 4 atom stereocenters. The van der Waals surface area contributed by atoms with Gasteiger partial charge in [-0.05, 0) is 44.1 Å². The zero-order chi connectivity index (χ0) is 27.3. The molecule has 1 aromatic carbocycles. The van der Waals surface area contributed by atoms with Gasteiger partial charge in [0.2, 0.25) is 17.7 Å². The van der Waals surface area contributed by atoms with E-state index in [0.29, 0.717) is 12.8 Å². The van der Waals surface area contributed by atoms with Crippen molar-refractivity contribution in [2.24, 2.45) is 28.1 Å². The number of nitrogens with one attached hydrogen (secondary N) is 3. The second-order valence-corrected chi connectivity index (χ2v) is 9.07. The predicted molar refractivity (Wildman–Crippen MR) is 137 cm³/mol. The monoisotopic (exact) mass is 505 g/mol. The van der Waals surface area contributed by atoms with Crippen LogP contribution in [0.3, 0.4) is 0 Å². The second-order valence-electron chi connectivity index (χ2n) is 9.07. The first-order valence-corrected chi connectivity index (χ1v) is 11.9. The number of benzene rings is 1. The molecule has 200 valence electrons. The van der Waals surface area contributed by atoms with Crippen molar-refractivity contribution < 1.29 is 24.3 Å².